The molecule has 8 nitrogen and oxygen atoms in total. The maximum absolute atomic E-state index is 12.5. The second-order valence-electron chi connectivity index (χ2n) is 12.5. The molecule has 45 heavy (non-hydrogen) atoms. The number of hydrogen-bond acceptors (Lipinski definition) is 4. The summed E-state index contributed by atoms with van der Waals surface area (Å²) in [6.45, 7) is 9.51. The van der Waals surface area contributed by atoms with Gasteiger partial charge in [0.15, 0.2) is 0 Å². The highest BCUT2D eigenvalue weighted by atomic mass is 16.2. The zero-order valence-corrected chi connectivity index (χ0v) is 28.8. The number of nitrogens with one attached hydrogen (secondary N) is 4. The molecule has 0 bridgehead atoms. The van der Waals surface area contributed by atoms with Crippen LogP contribution in [0.5, 0.6) is 0 Å². The molecule has 0 radical (unpaired) electrons. The van der Waals surface area contributed by atoms with Crippen molar-refractivity contribution in [3.05, 3.63) is 59.7 Å². The van der Waals surface area contributed by atoms with Crippen molar-refractivity contribution in [2.75, 3.05) is 64.0 Å². The molecule has 4 amide bonds. The van der Waals surface area contributed by atoms with E-state index in [0.717, 1.165) is 48.7 Å². The molecule has 0 fully saturated rings. The average Bonchev–Trinajstić information content (AvgIpc) is 3.01. The Morgan fingerprint density at radius 1 is 0.556 bits per heavy atom. The maximum atomic E-state index is 12.5. The molecule has 2 aromatic rings. The summed E-state index contributed by atoms with van der Waals surface area (Å²) in [5.74, 6) is 0. The fraction of sp³-hybridized carbons (Fsp3) is 0.622. The van der Waals surface area contributed by atoms with Crippen LogP contribution in [-0.2, 0) is 6.42 Å². The van der Waals surface area contributed by atoms with Crippen LogP contribution >= 0.6 is 0 Å². The maximum Gasteiger partial charge on any atom is 0.319 e. The molecular weight excluding hydrogens is 560 g/mol. The van der Waals surface area contributed by atoms with Gasteiger partial charge in [-0.15, -0.1) is 0 Å². The van der Waals surface area contributed by atoms with Gasteiger partial charge in [-0.1, -0.05) is 102 Å². The van der Waals surface area contributed by atoms with E-state index < -0.39 is 0 Å². The molecule has 0 aliphatic carbocycles. The molecule has 0 aromatic heterocycles. The minimum atomic E-state index is -0.189. The Hall–Kier alpha value is -3.10. The molecule has 2 rings (SSSR count). The Bertz CT molecular complexity index is 995. The quantitative estimate of drug-likeness (QED) is 0.0891. The second-order valence-corrected chi connectivity index (χ2v) is 12.5. The lowest BCUT2D eigenvalue weighted by Gasteiger charge is -2.17. The third-order valence-electron chi connectivity index (χ3n) is 8.12. The number of carbonyl (C=O) groups excluding carboxylic acids is 2. The number of urea groups is 2. The summed E-state index contributed by atoms with van der Waals surface area (Å²) >= 11 is 0. The van der Waals surface area contributed by atoms with Gasteiger partial charge in [-0.3, -0.25) is 0 Å². The van der Waals surface area contributed by atoms with Gasteiger partial charge in [-0.2, -0.15) is 0 Å². The molecule has 252 valence electrons. The van der Waals surface area contributed by atoms with Crippen LogP contribution in [0.25, 0.3) is 0 Å². The highest BCUT2D eigenvalue weighted by Crippen LogP contribution is 2.18. The fourth-order valence-electron chi connectivity index (χ4n) is 5.37. The van der Waals surface area contributed by atoms with Gasteiger partial charge in [0.2, 0.25) is 0 Å². The Kier molecular flexibility index (Phi) is 20.5. The first-order chi connectivity index (χ1) is 21.9. The molecule has 0 saturated carbocycles. The van der Waals surface area contributed by atoms with E-state index in [4.69, 9.17) is 0 Å². The molecule has 0 saturated heterocycles. The first kappa shape index (κ1) is 38.1. The van der Waals surface area contributed by atoms with Crippen molar-refractivity contribution < 1.29 is 9.59 Å². The van der Waals surface area contributed by atoms with Crippen molar-refractivity contribution >= 4 is 23.4 Å². The van der Waals surface area contributed by atoms with Crippen molar-refractivity contribution in [3.8, 4) is 0 Å². The summed E-state index contributed by atoms with van der Waals surface area (Å²) in [7, 11) is 4.23. The minimum Gasteiger partial charge on any atom is -0.337 e. The van der Waals surface area contributed by atoms with Gasteiger partial charge < -0.3 is 31.1 Å². The third kappa shape index (κ3) is 19.1. The first-order valence-corrected chi connectivity index (χ1v) is 17.5. The molecule has 0 unspecified atom stereocenters. The number of nitrogens with zero attached hydrogens (tertiary/aromatic N) is 2. The van der Waals surface area contributed by atoms with E-state index in [1.54, 1.807) is 0 Å². The van der Waals surface area contributed by atoms with Gasteiger partial charge in [-0.25, -0.2) is 9.59 Å². The smallest absolute Gasteiger partial charge is 0.319 e. The van der Waals surface area contributed by atoms with Crippen molar-refractivity contribution in [2.45, 2.75) is 97.3 Å². The van der Waals surface area contributed by atoms with Gasteiger partial charge >= 0.3 is 12.1 Å². The van der Waals surface area contributed by atoms with Crippen LogP contribution in [0.3, 0.4) is 0 Å². The summed E-state index contributed by atoms with van der Waals surface area (Å²) in [4.78, 5) is 29.5. The Labute approximate surface area is 274 Å². The monoisotopic (exact) mass is 622 g/mol. The zero-order valence-electron chi connectivity index (χ0n) is 28.8. The Morgan fingerprint density at radius 3 is 1.38 bits per heavy atom. The van der Waals surface area contributed by atoms with Gasteiger partial charge in [0.1, 0.15) is 0 Å². The van der Waals surface area contributed by atoms with Crippen molar-refractivity contribution in [1.29, 1.82) is 0 Å². The van der Waals surface area contributed by atoms with E-state index in [1.165, 1.54) is 77.0 Å². The van der Waals surface area contributed by atoms with Crippen LogP contribution < -0.4 is 21.3 Å². The highest BCUT2D eigenvalue weighted by Gasteiger charge is 2.07. The van der Waals surface area contributed by atoms with Crippen LogP contribution in [0, 0.1) is 0 Å². The predicted molar refractivity (Wildman–Crippen MR) is 191 cm³/mol. The van der Waals surface area contributed by atoms with Crippen molar-refractivity contribution in [3.63, 3.8) is 0 Å². The van der Waals surface area contributed by atoms with Crippen LogP contribution in [0.2, 0.25) is 0 Å². The Morgan fingerprint density at radius 2 is 0.956 bits per heavy atom. The van der Waals surface area contributed by atoms with E-state index in [2.05, 4.69) is 71.1 Å². The molecule has 0 spiro atoms. The summed E-state index contributed by atoms with van der Waals surface area (Å²) in [5.41, 5.74) is 3.70. The lowest BCUT2D eigenvalue weighted by Crippen LogP contribution is -2.35. The topological polar surface area (TPSA) is 88.7 Å². The lowest BCUT2D eigenvalue weighted by atomic mass is 10.0. The molecule has 0 aliphatic heterocycles. The number of carbonyl (C=O) groups is 2. The summed E-state index contributed by atoms with van der Waals surface area (Å²) < 4.78 is 0. The minimum absolute atomic E-state index is 0.189. The van der Waals surface area contributed by atoms with Gasteiger partial charge in [-0.05, 0) is 81.8 Å². The number of likely N-dealkylation sites (N-methyl/N-ethyl adjacent to an activating group) is 2. The molecular formula is C37H62N6O2. The van der Waals surface area contributed by atoms with E-state index in [-0.39, 0.29) is 12.1 Å². The van der Waals surface area contributed by atoms with E-state index >= 15 is 0 Å². The fourth-order valence-corrected chi connectivity index (χ4v) is 5.37. The summed E-state index contributed by atoms with van der Waals surface area (Å²) in [6, 6.07) is 15.4. The third-order valence-corrected chi connectivity index (χ3v) is 8.12. The molecule has 4 N–H and O–H groups in total. The number of amides is 4. The number of benzene rings is 2. The van der Waals surface area contributed by atoms with E-state index in [0.29, 0.717) is 19.5 Å². The SMILES string of the molecule is CCCCCCCCN(C)CCNC(=O)Nc1cccc(Cc2cccc(NC(=O)NCCN(C)CCCCCCCC)c2)c1. The molecule has 2 aromatic carbocycles. The first-order valence-electron chi connectivity index (χ1n) is 17.5. The summed E-state index contributed by atoms with van der Waals surface area (Å²) in [6.07, 6.45) is 16.2. The standard InChI is InChI=1S/C37H62N6O2/c1-5-7-9-11-13-15-25-42(3)27-23-38-36(44)40-34-21-17-19-32(30-34)29-33-20-18-22-35(31-33)41-37(45)39-24-28-43(4)26-16-14-12-10-8-6-2/h17-22,30-31H,5-16,23-29H2,1-4H3,(H2,38,40,44)(H2,39,41,45). The van der Waals surface area contributed by atoms with Crippen LogP contribution in [-0.4, -0.2) is 75.2 Å². The van der Waals surface area contributed by atoms with Crippen LogP contribution in [0.15, 0.2) is 48.5 Å². The van der Waals surface area contributed by atoms with Gasteiger partial charge in [0, 0.05) is 37.6 Å². The normalized spacial score (nSPS) is 11.2. The molecule has 8 heteroatoms. The van der Waals surface area contributed by atoms with E-state index in [1.807, 2.05) is 36.4 Å². The molecule has 0 atom stereocenters. The Balaban J connectivity index is 1.67. The van der Waals surface area contributed by atoms with Crippen molar-refractivity contribution in [2.24, 2.45) is 0 Å². The van der Waals surface area contributed by atoms with Gasteiger partial charge in [0.25, 0.3) is 0 Å². The van der Waals surface area contributed by atoms with E-state index in [9.17, 15) is 9.59 Å². The molecule has 0 heterocycles. The lowest BCUT2D eigenvalue weighted by molar-refractivity contribution is 0.248. The number of rotatable bonds is 24. The second kappa shape index (κ2) is 24.2. The number of unbranched alkanes of at least 4 members (excludes halogenated alkanes) is 10. The largest absolute Gasteiger partial charge is 0.337 e. The van der Waals surface area contributed by atoms with Gasteiger partial charge in [0.05, 0.1) is 0 Å². The zero-order chi connectivity index (χ0) is 32.5. The highest BCUT2D eigenvalue weighted by molar-refractivity contribution is 5.90. The number of hydrogen-bond donors (Lipinski definition) is 4. The molecule has 0 aliphatic rings. The van der Waals surface area contributed by atoms with Crippen LogP contribution in [0.4, 0.5) is 21.0 Å². The number of anilines is 2. The average molecular weight is 623 g/mol. The summed E-state index contributed by atoms with van der Waals surface area (Å²) in [5, 5.41) is 11.9. The van der Waals surface area contributed by atoms with Crippen LogP contribution in [0.1, 0.15) is 102 Å². The predicted octanol–water partition coefficient (Wildman–Crippen LogP) is 8.11. The van der Waals surface area contributed by atoms with Crippen molar-refractivity contribution in [1.82, 2.24) is 20.4 Å².